The van der Waals surface area contributed by atoms with Gasteiger partial charge in [0.05, 0.1) is 35.3 Å². The van der Waals surface area contributed by atoms with Crippen molar-refractivity contribution in [1.29, 1.82) is 0 Å². The van der Waals surface area contributed by atoms with Crippen molar-refractivity contribution in [3.05, 3.63) is 28.2 Å². The van der Waals surface area contributed by atoms with Crippen LogP contribution in [-0.2, 0) is 19.1 Å². The van der Waals surface area contributed by atoms with Gasteiger partial charge in [-0.2, -0.15) is 0 Å². The van der Waals surface area contributed by atoms with Crippen LogP contribution in [0, 0.1) is 0 Å². The third-order valence-electron chi connectivity index (χ3n) is 3.86. The first kappa shape index (κ1) is 20.3. The Morgan fingerprint density at radius 2 is 2.15 bits per heavy atom. The number of piperazine rings is 1. The number of ether oxygens (including phenoxy) is 1. The van der Waals surface area contributed by atoms with E-state index in [9.17, 15) is 14.4 Å². The molecule has 2 N–H and O–H groups in total. The summed E-state index contributed by atoms with van der Waals surface area (Å²) in [6, 6.07) is 4.17. The van der Waals surface area contributed by atoms with Crippen LogP contribution in [0.4, 0.5) is 5.69 Å². The van der Waals surface area contributed by atoms with Gasteiger partial charge in [-0.3, -0.25) is 14.4 Å². The number of carbonyl (C=O) groups excluding carboxylic acids is 3. The lowest BCUT2D eigenvalue weighted by Gasteiger charge is -2.34. The standard InChI is InChI=1S/C17H21Cl2N3O4/c1-2-8-26-15(24)9-13-17(25)20-6-7-22(13)14(23)10-21-12-5-3-4-11(18)16(12)19/h3-5,13,21H,2,6-10H2,1H3,(H,20,25). The van der Waals surface area contributed by atoms with Crippen molar-refractivity contribution in [2.24, 2.45) is 0 Å². The van der Waals surface area contributed by atoms with Crippen molar-refractivity contribution >= 4 is 46.7 Å². The molecule has 0 saturated carbocycles. The van der Waals surface area contributed by atoms with Gasteiger partial charge in [0.15, 0.2) is 0 Å². The molecule has 0 spiro atoms. The highest BCUT2D eigenvalue weighted by atomic mass is 35.5. The van der Waals surface area contributed by atoms with Crippen molar-refractivity contribution in [2.75, 3.05) is 31.6 Å². The molecule has 1 fully saturated rings. The SMILES string of the molecule is CCCOC(=O)CC1C(=O)NCCN1C(=O)CNc1cccc(Cl)c1Cl. The van der Waals surface area contributed by atoms with Crippen molar-refractivity contribution in [3.8, 4) is 0 Å². The lowest BCUT2D eigenvalue weighted by Crippen LogP contribution is -2.58. The normalized spacial score (nSPS) is 16.8. The molecule has 0 radical (unpaired) electrons. The number of nitrogens with zero attached hydrogens (tertiary/aromatic N) is 1. The molecule has 142 valence electrons. The maximum atomic E-state index is 12.6. The van der Waals surface area contributed by atoms with E-state index in [1.54, 1.807) is 18.2 Å². The van der Waals surface area contributed by atoms with Crippen LogP contribution in [0.25, 0.3) is 0 Å². The van der Waals surface area contributed by atoms with Crippen LogP contribution in [0.15, 0.2) is 18.2 Å². The fourth-order valence-electron chi connectivity index (χ4n) is 2.56. The number of halogens is 2. The van der Waals surface area contributed by atoms with Crippen LogP contribution in [0.2, 0.25) is 10.0 Å². The molecule has 1 aromatic carbocycles. The zero-order chi connectivity index (χ0) is 19.1. The van der Waals surface area contributed by atoms with Gasteiger partial charge in [-0.15, -0.1) is 0 Å². The molecule has 1 unspecified atom stereocenters. The second-order valence-electron chi connectivity index (χ2n) is 5.77. The average Bonchev–Trinajstić information content (AvgIpc) is 2.62. The van der Waals surface area contributed by atoms with Crippen molar-refractivity contribution in [1.82, 2.24) is 10.2 Å². The van der Waals surface area contributed by atoms with E-state index in [0.717, 1.165) is 0 Å². The van der Waals surface area contributed by atoms with Crippen LogP contribution >= 0.6 is 23.2 Å². The Morgan fingerprint density at radius 1 is 1.38 bits per heavy atom. The minimum Gasteiger partial charge on any atom is -0.466 e. The van der Waals surface area contributed by atoms with Crippen LogP contribution in [0.5, 0.6) is 0 Å². The number of nitrogens with one attached hydrogen (secondary N) is 2. The number of rotatable bonds is 7. The number of carbonyl (C=O) groups is 3. The summed E-state index contributed by atoms with van der Waals surface area (Å²) in [5.74, 6) is -1.18. The predicted octanol–water partition coefficient (Wildman–Crippen LogP) is 2.08. The molecule has 1 aliphatic rings. The van der Waals surface area contributed by atoms with Gasteiger partial charge in [0.2, 0.25) is 11.8 Å². The van der Waals surface area contributed by atoms with Crippen LogP contribution in [-0.4, -0.2) is 55.0 Å². The molecule has 0 aliphatic carbocycles. The number of amides is 2. The number of hydrogen-bond donors (Lipinski definition) is 2. The summed E-state index contributed by atoms with van der Waals surface area (Å²) in [7, 11) is 0. The molecule has 9 heteroatoms. The van der Waals surface area contributed by atoms with Crippen LogP contribution in [0.1, 0.15) is 19.8 Å². The number of hydrogen-bond acceptors (Lipinski definition) is 5. The van der Waals surface area contributed by atoms with E-state index in [1.165, 1.54) is 4.90 Å². The lowest BCUT2D eigenvalue weighted by molar-refractivity contribution is -0.151. The number of benzene rings is 1. The van der Waals surface area contributed by atoms with Crippen LogP contribution in [0.3, 0.4) is 0 Å². The minimum absolute atomic E-state index is 0.0755. The Labute approximate surface area is 162 Å². The van der Waals surface area contributed by atoms with Crippen molar-refractivity contribution in [3.63, 3.8) is 0 Å². The molecule has 1 atom stereocenters. The minimum atomic E-state index is -0.878. The molecule has 7 nitrogen and oxygen atoms in total. The van der Waals surface area contributed by atoms with Crippen molar-refractivity contribution < 1.29 is 19.1 Å². The summed E-state index contributed by atoms with van der Waals surface area (Å²) < 4.78 is 5.02. The first-order valence-corrected chi connectivity index (χ1v) is 9.10. The maximum absolute atomic E-state index is 12.6. The summed E-state index contributed by atoms with van der Waals surface area (Å²) >= 11 is 12.0. The Hall–Kier alpha value is -1.99. The fourth-order valence-corrected chi connectivity index (χ4v) is 2.93. The summed E-state index contributed by atoms with van der Waals surface area (Å²) in [5, 5.41) is 6.28. The summed E-state index contributed by atoms with van der Waals surface area (Å²) in [6.45, 7) is 2.75. The Morgan fingerprint density at radius 3 is 2.88 bits per heavy atom. The van der Waals surface area contributed by atoms with E-state index in [2.05, 4.69) is 10.6 Å². The molecule has 1 aliphatic heterocycles. The number of esters is 1. The quantitative estimate of drug-likeness (QED) is 0.682. The molecule has 0 aromatic heterocycles. The molecule has 26 heavy (non-hydrogen) atoms. The second-order valence-corrected chi connectivity index (χ2v) is 6.56. The summed E-state index contributed by atoms with van der Waals surface area (Å²) in [5.41, 5.74) is 0.521. The molecule has 2 amide bonds. The Kier molecular flexibility index (Phi) is 7.53. The van der Waals surface area contributed by atoms with E-state index in [1.807, 2.05) is 6.92 Å². The molecule has 1 aromatic rings. The van der Waals surface area contributed by atoms with Gasteiger partial charge in [-0.25, -0.2) is 0 Å². The average molecular weight is 402 g/mol. The van der Waals surface area contributed by atoms with E-state index in [4.69, 9.17) is 27.9 Å². The van der Waals surface area contributed by atoms with E-state index in [0.29, 0.717) is 35.2 Å². The highest BCUT2D eigenvalue weighted by molar-refractivity contribution is 6.43. The second kappa shape index (κ2) is 9.64. The van der Waals surface area contributed by atoms with Gasteiger partial charge < -0.3 is 20.3 Å². The van der Waals surface area contributed by atoms with Gasteiger partial charge in [-0.1, -0.05) is 36.2 Å². The Balaban J connectivity index is 2.00. The fraction of sp³-hybridized carbons (Fsp3) is 0.471. The summed E-state index contributed by atoms with van der Waals surface area (Å²) in [6.07, 6.45) is 0.519. The van der Waals surface area contributed by atoms with Crippen LogP contribution < -0.4 is 10.6 Å². The van der Waals surface area contributed by atoms with Gasteiger partial charge in [0, 0.05) is 13.1 Å². The van der Waals surface area contributed by atoms with E-state index in [-0.39, 0.29) is 31.4 Å². The first-order chi connectivity index (χ1) is 12.4. The molecular weight excluding hydrogens is 381 g/mol. The highest BCUT2D eigenvalue weighted by Crippen LogP contribution is 2.29. The zero-order valence-corrected chi connectivity index (χ0v) is 15.9. The largest absolute Gasteiger partial charge is 0.466 e. The summed E-state index contributed by atoms with van der Waals surface area (Å²) in [4.78, 5) is 37.9. The maximum Gasteiger partial charge on any atom is 0.308 e. The first-order valence-electron chi connectivity index (χ1n) is 8.34. The van der Waals surface area contributed by atoms with Gasteiger partial charge in [0.1, 0.15) is 6.04 Å². The Bertz CT molecular complexity index is 684. The van der Waals surface area contributed by atoms with Gasteiger partial charge >= 0.3 is 5.97 Å². The smallest absolute Gasteiger partial charge is 0.308 e. The third kappa shape index (κ3) is 5.25. The monoisotopic (exact) mass is 401 g/mol. The molecule has 1 heterocycles. The molecule has 2 rings (SSSR count). The van der Waals surface area contributed by atoms with Gasteiger partial charge in [-0.05, 0) is 18.6 Å². The topological polar surface area (TPSA) is 87.7 Å². The van der Waals surface area contributed by atoms with E-state index >= 15 is 0 Å². The van der Waals surface area contributed by atoms with Gasteiger partial charge in [0.25, 0.3) is 0 Å². The lowest BCUT2D eigenvalue weighted by atomic mass is 10.1. The predicted molar refractivity (Wildman–Crippen MR) is 99.3 cm³/mol. The molecular formula is C17H21Cl2N3O4. The highest BCUT2D eigenvalue weighted by Gasteiger charge is 2.34. The molecule has 1 saturated heterocycles. The third-order valence-corrected chi connectivity index (χ3v) is 4.68. The zero-order valence-electron chi connectivity index (χ0n) is 14.4. The van der Waals surface area contributed by atoms with E-state index < -0.39 is 12.0 Å². The number of anilines is 1. The molecule has 0 bridgehead atoms. The van der Waals surface area contributed by atoms with Crippen molar-refractivity contribution in [2.45, 2.75) is 25.8 Å².